The fourth-order valence-corrected chi connectivity index (χ4v) is 4.86. The Hall–Kier alpha value is -1.89. The topological polar surface area (TPSA) is 57.8 Å². The van der Waals surface area contributed by atoms with Crippen LogP contribution >= 0.6 is 11.8 Å². The lowest BCUT2D eigenvalue weighted by atomic mass is 9.86. The highest BCUT2D eigenvalue weighted by Gasteiger charge is 2.38. The van der Waals surface area contributed by atoms with E-state index >= 15 is 0 Å². The van der Waals surface area contributed by atoms with Gasteiger partial charge in [-0.1, -0.05) is 20.8 Å². The Bertz CT molecular complexity index is 832. The van der Waals surface area contributed by atoms with Crippen molar-refractivity contribution in [2.24, 2.45) is 0 Å². The molecule has 3 rings (SSSR count). The van der Waals surface area contributed by atoms with E-state index in [1.54, 1.807) is 11.8 Å². The molecular weight excluding hydrogens is 356 g/mol. The molecule has 0 saturated heterocycles. The summed E-state index contributed by atoms with van der Waals surface area (Å²) in [7, 11) is 0. The molecule has 0 radical (unpaired) electrons. The number of nitrogens with one attached hydrogen (secondary N) is 2. The number of hydrogen-bond donors (Lipinski definition) is 2. The molecule has 26 heavy (non-hydrogen) atoms. The fourth-order valence-electron chi connectivity index (χ4n) is 4.07. The lowest BCUT2D eigenvalue weighted by Crippen LogP contribution is -2.17. The monoisotopic (exact) mass is 379 g/mol. The van der Waals surface area contributed by atoms with E-state index in [4.69, 9.17) is 0 Å². The second-order valence-corrected chi connectivity index (χ2v) is 8.25. The van der Waals surface area contributed by atoms with Gasteiger partial charge in [0.15, 0.2) is 0 Å². The summed E-state index contributed by atoms with van der Waals surface area (Å²) >= 11 is 1.70. The van der Waals surface area contributed by atoms with Gasteiger partial charge in [0.1, 0.15) is 0 Å². The summed E-state index contributed by atoms with van der Waals surface area (Å²) in [6, 6.07) is 3.93. The number of carbonyl (C=O) groups excluding carboxylic acids is 1. The lowest BCUT2D eigenvalue weighted by Gasteiger charge is -2.22. The molecule has 0 bridgehead atoms. The van der Waals surface area contributed by atoms with E-state index in [-0.39, 0.29) is 16.7 Å². The molecule has 0 spiro atoms. The first kappa shape index (κ1) is 18.9. The molecule has 0 aliphatic heterocycles. The zero-order valence-corrected chi connectivity index (χ0v) is 16.1. The number of alkyl halides is 2. The minimum Gasteiger partial charge on any atom is -0.322 e. The number of halogens is 2. The van der Waals surface area contributed by atoms with E-state index in [1.165, 1.54) is 16.7 Å². The van der Waals surface area contributed by atoms with Crippen LogP contribution in [0.25, 0.3) is 0 Å². The van der Waals surface area contributed by atoms with Crippen molar-refractivity contribution in [3.8, 4) is 0 Å². The number of rotatable bonds is 5. The summed E-state index contributed by atoms with van der Waals surface area (Å²) < 4.78 is 25.4. The van der Waals surface area contributed by atoms with Gasteiger partial charge < -0.3 is 5.32 Å². The Labute approximate surface area is 156 Å². The molecule has 7 heteroatoms. The average Bonchev–Trinajstić information content (AvgIpc) is 3.10. The SMILES string of the molecule is CSc1ccc(NC(=O)c2cn[nH]c2CC(F)F)c2c1C(C)(C)CC2C. The van der Waals surface area contributed by atoms with E-state index in [0.717, 1.165) is 17.7 Å². The van der Waals surface area contributed by atoms with Crippen LogP contribution in [0.2, 0.25) is 0 Å². The normalized spacial score (nSPS) is 18.2. The third-order valence-electron chi connectivity index (χ3n) is 4.98. The summed E-state index contributed by atoms with van der Waals surface area (Å²) in [5, 5.41) is 9.18. The maximum atomic E-state index is 12.7. The average molecular weight is 379 g/mol. The van der Waals surface area contributed by atoms with Gasteiger partial charge in [0.05, 0.1) is 23.9 Å². The first-order chi connectivity index (χ1) is 12.2. The van der Waals surface area contributed by atoms with E-state index < -0.39 is 18.8 Å². The standard InChI is InChI=1S/C19H23F2N3OS/c1-10-8-19(2,3)17-14(26-4)6-5-12(16(10)17)23-18(25)11-9-22-24-13(11)7-15(20)21/h5-6,9-10,15H,7-8H2,1-4H3,(H,22,24)(H,23,25). The summed E-state index contributed by atoms with van der Waals surface area (Å²) in [5.74, 6) is -0.0994. The number of amides is 1. The third kappa shape index (κ3) is 3.37. The van der Waals surface area contributed by atoms with Crippen LogP contribution in [0.15, 0.2) is 23.2 Å². The summed E-state index contributed by atoms with van der Waals surface area (Å²) in [5.41, 5.74) is 3.53. The van der Waals surface area contributed by atoms with Crippen LogP contribution in [-0.2, 0) is 11.8 Å². The Balaban J connectivity index is 1.96. The molecule has 1 aliphatic carbocycles. The molecule has 1 atom stereocenters. The Morgan fingerprint density at radius 3 is 2.85 bits per heavy atom. The number of benzene rings is 1. The number of aromatic nitrogens is 2. The van der Waals surface area contributed by atoms with Gasteiger partial charge >= 0.3 is 0 Å². The molecule has 4 nitrogen and oxygen atoms in total. The van der Waals surface area contributed by atoms with E-state index in [0.29, 0.717) is 5.92 Å². The lowest BCUT2D eigenvalue weighted by molar-refractivity contribution is 0.102. The van der Waals surface area contributed by atoms with Crippen molar-refractivity contribution >= 4 is 23.4 Å². The second kappa shape index (κ2) is 7.02. The van der Waals surface area contributed by atoms with Crippen LogP contribution in [0.5, 0.6) is 0 Å². The molecule has 0 saturated carbocycles. The third-order valence-corrected chi connectivity index (χ3v) is 5.76. The predicted molar refractivity (Wildman–Crippen MR) is 101 cm³/mol. The van der Waals surface area contributed by atoms with Crippen molar-refractivity contribution in [2.45, 2.75) is 56.3 Å². The van der Waals surface area contributed by atoms with Crippen molar-refractivity contribution < 1.29 is 13.6 Å². The van der Waals surface area contributed by atoms with E-state index in [2.05, 4.69) is 42.5 Å². The molecule has 1 aromatic heterocycles. The van der Waals surface area contributed by atoms with Crippen LogP contribution < -0.4 is 5.32 Å². The molecule has 1 unspecified atom stereocenters. The van der Waals surface area contributed by atoms with Crippen molar-refractivity contribution in [1.82, 2.24) is 10.2 Å². The van der Waals surface area contributed by atoms with Crippen molar-refractivity contribution in [1.29, 1.82) is 0 Å². The molecule has 2 N–H and O–H groups in total. The molecule has 1 heterocycles. The van der Waals surface area contributed by atoms with Gasteiger partial charge in [-0.25, -0.2) is 8.78 Å². The van der Waals surface area contributed by atoms with Crippen molar-refractivity contribution in [3.05, 3.63) is 40.7 Å². The van der Waals surface area contributed by atoms with Gasteiger partial charge in [-0.3, -0.25) is 9.89 Å². The van der Waals surface area contributed by atoms with Gasteiger partial charge in [-0.05, 0) is 47.3 Å². The molecule has 1 amide bonds. The van der Waals surface area contributed by atoms with E-state index in [1.807, 2.05) is 12.1 Å². The summed E-state index contributed by atoms with van der Waals surface area (Å²) in [4.78, 5) is 13.9. The van der Waals surface area contributed by atoms with Crippen LogP contribution in [-0.4, -0.2) is 28.8 Å². The highest BCUT2D eigenvalue weighted by molar-refractivity contribution is 7.98. The highest BCUT2D eigenvalue weighted by Crippen LogP contribution is 2.51. The molecule has 1 aromatic carbocycles. The van der Waals surface area contributed by atoms with Crippen molar-refractivity contribution in [2.75, 3.05) is 11.6 Å². The molecule has 0 fully saturated rings. The second-order valence-electron chi connectivity index (χ2n) is 7.40. The van der Waals surface area contributed by atoms with Crippen LogP contribution in [0.1, 0.15) is 60.3 Å². The number of thioether (sulfide) groups is 1. The van der Waals surface area contributed by atoms with Gasteiger partial charge in [-0.15, -0.1) is 11.8 Å². The number of H-pyrrole nitrogens is 1. The summed E-state index contributed by atoms with van der Waals surface area (Å²) in [6.07, 6.45) is 1.31. The Morgan fingerprint density at radius 2 is 2.19 bits per heavy atom. The molecule has 1 aliphatic rings. The van der Waals surface area contributed by atoms with Gasteiger partial charge in [0.25, 0.3) is 5.91 Å². The van der Waals surface area contributed by atoms with Crippen LogP contribution in [0.3, 0.4) is 0 Å². The minimum absolute atomic E-state index is 0.0321. The van der Waals surface area contributed by atoms with Crippen molar-refractivity contribution in [3.63, 3.8) is 0 Å². The first-order valence-electron chi connectivity index (χ1n) is 8.57. The largest absolute Gasteiger partial charge is 0.322 e. The zero-order valence-electron chi connectivity index (χ0n) is 15.3. The Morgan fingerprint density at radius 1 is 1.46 bits per heavy atom. The highest BCUT2D eigenvalue weighted by atomic mass is 32.2. The maximum absolute atomic E-state index is 12.7. The molecule has 140 valence electrons. The predicted octanol–water partition coefficient (Wildman–Crippen LogP) is 4.98. The fraction of sp³-hybridized carbons (Fsp3) is 0.474. The number of anilines is 1. The van der Waals surface area contributed by atoms with Gasteiger partial charge in [0.2, 0.25) is 6.43 Å². The maximum Gasteiger partial charge on any atom is 0.259 e. The minimum atomic E-state index is -2.53. The first-order valence-corrected chi connectivity index (χ1v) is 9.80. The molecular formula is C19H23F2N3OS. The quantitative estimate of drug-likeness (QED) is 0.721. The Kier molecular flexibility index (Phi) is 5.10. The van der Waals surface area contributed by atoms with Gasteiger partial charge in [0, 0.05) is 10.6 Å². The number of aromatic amines is 1. The number of fused-ring (bicyclic) bond motifs is 1. The summed E-state index contributed by atoms with van der Waals surface area (Å²) in [6.45, 7) is 6.60. The van der Waals surface area contributed by atoms with Gasteiger partial charge in [-0.2, -0.15) is 5.10 Å². The number of nitrogens with zero attached hydrogens (tertiary/aromatic N) is 1. The smallest absolute Gasteiger partial charge is 0.259 e. The molecule has 2 aromatic rings. The zero-order chi connectivity index (χ0) is 19.1. The number of carbonyl (C=O) groups is 1. The van der Waals surface area contributed by atoms with Crippen LogP contribution in [0.4, 0.5) is 14.5 Å². The number of hydrogen-bond acceptors (Lipinski definition) is 3. The van der Waals surface area contributed by atoms with E-state index in [9.17, 15) is 13.6 Å². The van der Waals surface area contributed by atoms with Crippen LogP contribution in [0, 0.1) is 0 Å².